The van der Waals surface area contributed by atoms with Gasteiger partial charge in [-0.3, -0.25) is 9.59 Å². The van der Waals surface area contributed by atoms with Gasteiger partial charge in [-0.05, 0) is 30.4 Å². The highest BCUT2D eigenvalue weighted by atomic mass is 32.2. The molecule has 0 aliphatic carbocycles. The van der Waals surface area contributed by atoms with Gasteiger partial charge in [0.05, 0.1) is 0 Å². The first-order valence-corrected chi connectivity index (χ1v) is 10.0. The van der Waals surface area contributed by atoms with E-state index in [0.29, 0.717) is 19.4 Å². The fourth-order valence-corrected chi connectivity index (χ4v) is 3.37. The Morgan fingerprint density at radius 2 is 2.08 bits per heavy atom. The lowest BCUT2D eigenvalue weighted by Gasteiger charge is -2.25. The molecule has 1 heterocycles. The Labute approximate surface area is 148 Å². The van der Waals surface area contributed by atoms with Crippen LogP contribution >= 0.6 is 11.8 Å². The molecule has 0 aromatic heterocycles. The molecule has 4 N–H and O–H groups in total. The van der Waals surface area contributed by atoms with Crippen LogP contribution in [-0.2, 0) is 22.6 Å². The Morgan fingerprint density at radius 1 is 1.33 bits per heavy atom. The Kier molecular flexibility index (Phi) is 7.59. The minimum absolute atomic E-state index is 0.0396. The van der Waals surface area contributed by atoms with Gasteiger partial charge in [-0.1, -0.05) is 31.2 Å². The fraction of sp³-hybridized carbons (Fsp3) is 0.556. The van der Waals surface area contributed by atoms with Crippen molar-refractivity contribution in [3.05, 3.63) is 35.4 Å². The third kappa shape index (κ3) is 5.24. The Hall–Kier alpha value is -1.53. The molecule has 0 saturated carbocycles. The minimum Gasteiger partial charge on any atom is -0.354 e. The summed E-state index contributed by atoms with van der Waals surface area (Å²) in [5.74, 6) is 0.736. The van der Waals surface area contributed by atoms with E-state index < -0.39 is 6.04 Å². The van der Waals surface area contributed by atoms with Crippen molar-refractivity contribution in [1.82, 2.24) is 10.6 Å². The summed E-state index contributed by atoms with van der Waals surface area (Å²) in [6, 6.07) is 7.64. The normalized spacial score (nSPS) is 17.7. The number of benzene rings is 1. The molecule has 6 heteroatoms. The van der Waals surface area contributed by atoms with Gasteiger partial charge in [-0.2, -0.15) is 11.8 Å². The van der Waals surface area contributed by atoms with Crippen LogP contribution in [0.3, 0.4) is 0 Å². The van der Waals surface area contributed by atoms with Crippen molar-refractivity contribution in [1.29, 1.82) is 0 Å². The average molecular weight is 351 g/mol. The quantitative estimate of drug-likeness (QED) is 0.637. The molecule has 1 aliphatic rings. The van der Waals surface area contributed by atoms with Crippen molar-refractivity contribution < 1.29 is 14.9 Å². The smallest absolute Gasteiger partial charge is 0.279 e. The average Bonchev–Trinajstić information content (AvgIpc) is 2.62. The summed E-state index contributed by atoms with van der Waals surface area (Å²) in [7, 11) is 0. The highest BCUT2D eigenvalue weighted by molar-refractivity contribution is 7.98. The Bertz CT molecular complexity index is 565. The van der Waals surface area contributed by atoms with Gasteiger partial charge in [0.2, 0.25) is 5.91 Å². The predicted octanol–water partition coefficient (Wildman–Crippen LogP) is 0.439. The summed E-state index contributed by atoms with van der Waals surface area (Å²) in [5, 5.41) is 7.92. The van der Waals surface area contributed by atoms with Gasteiger partial charge in [0.25, 0.3) is 5.91 Å². The number of carbonyl (C=O) groups is 2. The number of nitrogens with two attached hydrogens (primary N) is 1. The van der Waals surface area contributed by atoms with Gasteiger partial charge >= 0.3 is 0 Å². The standard InChI is InChI=1S/C18H27N3O2S/c1-3-9-19-17(22)15(8-10-24-2)21-18(23)16-11-13-6-4-5-7-14(13)12-20-16/h4-7,15-16,20H,3,8-12H2,1-2H3,(H,19,22)(H,21,23)/p+1/t15-,16-/m0/s1. The van der Waals surface area contributed by atoms with Crippen LogP contribution in [0.2, 0.25) is 0 Å². The molecular weight excluding hydrogens is 322 g/mol. The second-order valence-electron chi connectivity index (χ2n) is 6.15. The molecule has 0 saturated heterocycles. The molecule has 0 bridgehead atoms. The van der Waals surface area contributed by atoms with Gasteiger partial charge in [-0.25, -0.2) is 0 Å². The molecule has 24 heavy (non-hydrogen) atoms. The molecule has 1 aromatic carbocycles. The first kappa shape index (κ1) is 18.8. The van der Waals surface area contributed by atoms with Gasteiger partial charge < -0.3 is 16.0 Å². The molecule has 0 unspecified atom stereocenters. The third-order valence-electron chi connectivity index (χ3n) is 4.31. The van der Waals surface area contributed by atoms with E-state index in [0.717, 1.165) is 18.7 Å². The lowest BCUT2D eigenvalue weighted by Crippen LogP contribution is -2.93. The molecule has 0 radical (unpaired) electrons. The van der Waals surface area contributed by atoms with E-state index in [4.69, 9.17) is 0 Å². The van der Waals surface area contributed by atoms with Crippen molar-refractivity contribution in [3.63, 3.8) is 0 Å². The molecule has 132 valence electrons. The van der Waals surface area contributed by atoms with Crippen molar-refractivity contribution in [2.75, 3.05) is 18.6 Å². The van der Waals surface area contributed by atoms with Crippen LogP contribution in [-0.4, -0.2) is 42.5 Å². The summed E-state index contributed by atoms with van der Waals surface area (Å²) < 4.78 is 0. The van der Waals surface area contributed by atoms with Crippen LogP contribution in [0.5, 0.6) is 0 Å². The molecule has 2 rings (SSSR count). The van der Waals surface area contributed by atoms with E-state index in [1.54, 1.807) is 11.8 Å². The van der Waals surface area contributed by atoms with E-state index in [-0.39, 0.29) is 17.9 Å². The zero-order valence-electron chi connectivity index (χ0n) is 14.5. The van der Waals surface area contributed by atoms with Crippen LogP contribution in [0, 0.1) is 0 Å². The highest BCUT2D eigenvalue weighted by Gasteiger charge is 2.30. The number of amides is 2. The molecule has 1 aromatic rings. The highest BCUT2D eigenvalue weighted by Crippen LogP contribution is 2.13. The first-order chi connectivity index (χ1) is 11.7. The molecular formula is C18H28N3O2S+. The molecule has 5 nitrogen and oxygen atoms in total. The lowest BCUT2D eigenvalue weighted by atomic mass is 9.95. The topological polar surface area (TPSA) is 74.8 Å². The van der Waals surface area contributed by atoms with Gasteiger partial charge in [0.1, 0.15) is 12.6 Å². The van der Waals surface area contributed by atoms with Crippen LogP contribution in [0.15, 0.2) is 24.3 Å². The molecule has 2 amide bonds. The van der Waals surface area contributed by atoms with Crippen LogP contribution < -0.4 is 16.0 Å². The number of carbonyl (C=O) groups excluding carboxylic acids is 2. The number of hydrogen-bond acceptors (Lipinski definition) is 3. The number of nitrogens with one attached hydrogen (secondary N) is 2. The van der Waals surface area contributed by atoms with Crippen LogP contribution in [0.4, 0.5) is 0 Å². The van der Waals surface area contributed by atoms with Crippen molar-refractivity contribution in [3.8, 4) is 0 Å². The number of thioether (sulfide) groups is 1. The van der Waals surface area contributed by atoms with Crippen molar-refractivity contribution in [2.45, 2.75) is 44.8 Å². The van der Waals surface area contributed by atoms with Crippen LogP contribution in [0.1, 0.15) is 30.9 Å². The monoisotopic (exact) mass is 350 g/mol. The molecule has 2 atom stereocenters. The van der Waals surface area contributed by atoms with Gasteiger partial charge in [-0.15, -0.1) is 0 Å². The summed E-state index contributed by atoms with van der Waals surface area (Å²) in [6.45, 7) is 3.48. The maximum atomic E-state index is 12.6. The maximum Gasteiger partial charge on any atom is 0.279 e. The lowest BCUT2D eigenvalue weighted by molar-refractivity contribution is -0.695. The van der Waals surface area contributed by atoms with Crippen molar-refractivity contribution >= 4 is 23.6 Å². The second kappa shape index (κ2) is 9.69. The Balaban J connectivity index is 1.95. The fourth-order valence-electron chi connectivity index (χ4n) is 2.90. The summed E-state index contributed by atoms with van der Waals surface area (Å²) in [4.78, 5) is 24.9. The number of quaternary nitrogens is 1. The van der Waals surface area contributed by atoms with E-state index >= 15 is 0 Å². The zero-order valence-corrected chi connectivity index (χ0v) is 15.3. The molecule has 0 fully saturated rings. The van der Waals surface area contributed by atoms with E-state index in [2.05, 4.69) is 28.1 Å². The number of fused-ring (bicyclic) bond motifs is 1. The summed E-state index contributed by atoms with van der Waals surface area (Å²) >= 11 is 1.69. The zero-order chi connectivity index (χ0) is 17.4. The number of rotatable bonds is 8. The second-order valence-corrected chi connectivity index (χ2v) is 7.14. The Morgan fingerprint density at radius 3 is 2.79 bits per heavy atom. The molecule has 1 aliphatic heterocycles. The van der Waals surface area contributed by atoms with Gasteiger partial charge in [0, 0.05) is 18.5 Å². The summed E-state index contributed by atoms with van der Waals surface area (Å²) in [5.41, 5.74) is 2.53. The van der Waals surface area contributed by atoms with E-state index in [9.17, 15) is 9.59 Å². The van der Waals surface area contributed by atoms with Crippen molar-refractivity contribution in [2.24, 2.45) is 0 Å². The summed E-state index contributed by atoms with van der Waals surface area (Å²) in [6.07, 6.45) is 4.27. The maximum absolute atomic E-state index is 12.6. The van der Waals surface area contributed by atoms with Crippen LogP contribution in [0.25, 0.3) is 0 Å². The van der Waals surface area contributed by atoms with Gasteiger partial charge in [0.15, 0.2) is 6.04 Å². The third-order valence-corrected chi connectivity index (χ3v) is 4.95. The number of hydrogen-bond donors (Lipinski definition) is 3. The molecule has 0 spiro atoms. The SMILES string of the molecule is CCCNC(=O)[C@H](CCSC)NC(=O)[C@@H]1Cc2ccccc2C[NH2+]1. The first-order valence-electron chi connectivity index (χ1n) is 8.62. The largest absolute Gasteiger partial charge is 0.354 e. The minimum atomic E-state index is -0.443. The van der Waals surface area contributed by atoms with E-state index in [1.807, 2.05) is 25.3 Å². The predicted molar refractivity (Wildman–Crippen MR) is 97.8 cm³/mol. The van der Waals surface area contributed by atoms with E-state index in [1.165, 1.54) is 11.1 Å².